The zero-order chi connectivity index (χ0) is 12.6. The fraction of sp³-hybridized carbons (Fsp3) is 0.273. The molecular formula is C11H12FN3O2. The number of hydrogen-bond acceptors (Lipinski definition) is 3. The number of halogens is 1. The summed E-state index contributed by atoms with van der Waals surface area (Å²) in [5, 5.41) is 0.307. The monoisotopic (exact) mass is 237 g/mol. The Morgan fingerprint density at radius 3 is 2.71 bits per heavy atom. The maximum atomic E-state index is 13.1. The molecule has 0 spiro atoms. The van der Waals surface area contributed by atoms with Gasteiger partial charge in [-0.15, -0.1) is 0 Å². The maximum Gasteiger partial charge on any atom is 0.331 e. The van der Waals surface area contributed by atoms with Crippen molar-refractivity contribution in [3.05, 3.63) is 44.9 Å². The predicted molar refractivity (Wildman–Crippen MR) is 62.5 cm³/mol. The second-order valence-electron chi connectivity index (χ2n) is 3.75. The minimum atomic E-state index is -0.487. The van der Waals surface area contributed by atoms with Gasteiger partial charge in [0.25, 0.3) is 5.56 Å². The van der Waals surface area contributed by atoms with Crippen LogP contribution in [0.1, 0.15) is 0 Å². The molecule has 0 bridgehead atoms. The van der Waals surface area contributed by atoms with Gasteiger partial charge in [-0.3, -0.25) is 13.9 Å². The van der Waals surface area contributed by atoms with Crippen LogP contribution < -0.4 is 17.0 Å². The third kappa shape index (κ3) is 1.76. The van der Waals surface area contributed by atoms with E-state index < -0.39 is 17.1 Å². The number of rotatable bonds is 2. The quantitative estimate of drug-likeness (QED) is 0.786. The summed E-state index contributed by atoms with van der Waals surface area (Å²) in [6, 6.07) is 3.74. The molecule has 2 aromatic rings. The molecule has 0 aliphatic rings. The van der Waals surface area contributed by atoms with Gasteiger partial charge in [-0.05, 0) is 18.2 Å². The van der Waals surface area contributed by atoms with Crippen LogP contribution in [0.3, 0.4) is 0 Å². The van der Waals surface area contributed by atoms with Gasteiger partial charge in [-0.25, -0.2) is 9.18 Å². The van der Waals surface area contributed by atoms with Crippen LogP contribution in [0.2, 0.25) is 0 Å². The summed E-state index contributed by atoms with van der Waals surface area (Å²) >= 11 is 0. The van der Waals surface area contributed by atoms with Crippen LogP contribution in [0, 0.1) is 5.82 Å². The van der Waals surface area contributed by atoms with Crippen LogP contribution in [0.15, 0.2) is 27.8 Å². The molecule has 0 radical (unpaired) electrons. The summed E-state index contributed by atoms with van der Waals surface area (Å²) in [7, 11) is 1.50. The Labute approximate surface area is 95.9 Å². The Balaban J connectivity index is 2.95. The Morgan fingerprint density at radius 2 is 2.06 bits per heavy atom. The smallest absolute Gasteiger partial charge is 0.329 e. The van der Waals surface area contributed by atoms with E-state index in [-0.39, 0.29) is 18.6 Å². The summed E-state index contributed by atoms with van der Waals surface area (Å²) in [5.41, 5.74) is 4.71. The molecule has 0 amide bonds. The van der Waals surface area contributed by atoms with E-state index >= 15 is 0 Å². The van der Waals surface area contributed by atoms with E-state index in [1.54, 1.807) is 0 Å². The lowest BCUT2D eigenvalue weighted by molar-refractivity contribution is 0.607. The van der Waals surface area contributed by atoms with Crippen molar-refractivity contribution in [3.8, 4) is 0 Å². The maximum absolute atomic E-state index is 13.1. The first-order valence-electron chi connectivity index (χ1n) is 5.15. The molecule has 2 N–H and O–H groups in total. The first-order valence-corrected chi connectivity index (χ1v) is 5.15. The largest absolute Gasteiger partial charge is 0.331 e. The highest BCUT2D eigenvalue weighted by atomic mass is 19.1. The van der Waals surface area contributed by atoms with Crippen molar-refractivity contribution in [2.24, 2.45) is 12.8 Å². The number of hydrogen-bond donors (Lipinski definition) is 1. The fourth-order valence-electron chi connectivity index (χ4n) is 1.81. The van der Waals surface area contributed by atoms with E-state index in [4.69, 9.17) is 5.73 Å². The van der Waals surface area contributed by atoms with Crippen LogP contribution in [0.4, 0.5) is 4.39 Å². The van der Waals surface area contributed by atoms with E-state index in [0.29, 0.717) is 5.39 Å². The highest BCUT2D eigenvalue weighted by Gasteiger charge is 2.10. The van der Waals surface area contributed by atoms with Crippen molar-refractivity contribution in [3.63, 3.8) is 0 Å². The molecule has 1 aromatic carbocycles. The molecule has 0 saturated heterocycles. The van der Waals surface area contributed by atoms with Gasteiger partial charge in [0.05, 0.1) is 10.9 Å². The summed E-state index contributed by atoms with van der Waals surface area (Å²) in [6.45, 7) is 0.348. The van der Waals surface area contributed by atoms with Crippen molar-refractivity contribution >= 4 is 10.9 Å². The summed E-state index contributed by atoms with van der Waals surface area (Å²) in [6.07, 6.45) is 0. The molecule has 0 atom stereocenters. The fourth-order valence-corrected chi connectivity index (χ4v) is 1.81. The van der Waals surface area contributed by atoms with E-state index in [1.807, 2.05) is 0 Å². The number of nitrogens with two attached hydrogens (primary N) is 1. The van der Waals surface area contributed by atoms with Gasteiger partial charge < -0.3 is 5.73 Å². The van der Waals surface area contributed by atoms with Crippen molar-refractivity contribution in [1.82, 2.24) is 9.13 Å². The van der Waals surface area contributed by atoms with Gasteiger partial charge in [0.1, 0.15) is 5.82 Å². The lowest BCUT2D eigenvalue weighted by Crippen LogP contribution is -2.40. The molecule has 6 heteroatoms. The first-order chi connectivity index (χ1) is 8.06. The minimum absolute atomic E-state index is 0.152. The number of nitrogens with zero attached hydrogens (tertiary/aromatic N) is 2. The van der Waals surface area contributed by atoms with Crippen LogP contribution in [-0.2, 0) is 13.6 Å². The van der Waals surface area contributed by atoms with Crippen LogP contribution in [-0.4, -0.2) is 15.7 Å². The minimum Gasteiger partial charge on any atom is -0.329 e. The highest BCUT2D eigenvalue weighted by molar-refractivity contribution is 5.77. The van der Waals surface area contributed by atoms with Crippen LogP contribution >= 0.6 is 0 Å². The van der Waals surface area contributed by atoms with Gasteiger partial charge in [0, 0.05) is 20.1 Å². The van der Waals surface area contributed by atoms with E-state index in [2.05, 4.69) is 0 Å². The predicted octanol–water partition coefficient (Wildman–Crippen LogP) is -0.202. The van der Waals surface area contributed by atoms with Crippen molar-refractivity contribution < 1.29 is 4.39 Å². The normalized spacial score (nSPS) is 11.0. The highest BCUT2D eigenvalue weighted by Crippen LogP contribution is 2.09. The van der Waals surface area contributed by atoms with E-state index in [1.165, 1.54) is 29.8 Å². The van der Waals surface area contributed by atoms with Crippen molar-refractivity contribution in [2.45, 2.75) is 6.54 Å². The Morgan fingerprint density at radius 1 is 1.35 bits per heavy atom. The second kappa shape index (κ2) is 4.14. The number of aryl methyl sites for hydroxylation is 1. The molecule has 0 aliphatic carbocycles. The molecule has 2 rings (SSSR count). The van der Waals surface area contributed by atoms with Gasteiger partial charge in [-0.2, -0.15) is 0 Å². The van der Waals surface area contributed by atoms with Gasteiger partial charge in [0.2, 0.25) is 0 Å². The third-order valence-corrected chi connectivity index (χ3v) is 2.67. The third-order valence-electron chi connectivity index (χ3n) is 2.67. The SMILES string of the molecule is Cn1c(=O)n(CCN)c(=O)c2ccc(F)cc21. The topological polar surface area (TPSA) is 70.0 Å². The second-order valence-corrected chi connectivity index (χ2v) is 3.75. The lowest BCUT2D eigenvalue weighted by Gasteiger charge is -2.09. The van der Waals surface area contributed by atoms with Crippen molar-refractivity contribution in [2.75, 3.05) is 6.54 Å². The number of fused-ring (bicyclic) bond motifs is 1. The summed E-state index contributed by atoms with van der Waals surface area (Å²) in [4.78, 5) is 23.8. The number of benzene rings is 1. The Bertz CT molecular complexity index is 687. The molecule has 1 aromatic heterocycles. The van der Waals surface area contributed by atoms with Crippen LogP contribution in [0.5, 0.6) is 0 Å². The number of aromatic nitrogens is 2. The lowest BCUT2D eigenvalue weighted by atomic mass is 10.2. The zero-order valence-corrected chi connectivity index (χ0v) is 9.31. The zero-order valence-electron chi connectivity index (χ0n) is 9.31. The van der Waals surface area contributed by atoms with Crippen molar-refractivity contribution in [1.29, 1.82) is 0 Å². The molecule has 0 fully saturated rings. The molecule has 0 aliphatic heterocycles. The van der Waals surface area contributed by atoms with E-state index in [9.17, 15) is 14.0 Å². The van der Waals surface area contributed by atoms with Gasteiger partial charge >= 0.3 is 5.69 Å². The average Bonchev–Trinajstić information content (AvgIpc) is 2.32. The molecule has 17 heavy (non-hydrogen) atoms. The standard InChI is InChI=1S/C11H12FN3O2/c1-14-9-6-7(12)2-3-8(9)10(16)15(5-4-13)11(14)17/h2-3,6H,4-5,13H2,1H3. The van der Waals surface area contributed by atoms with E-state index in [0.717, 1.165) is 4.57 Å². The molecular weight excluding hydrogens is 225 g/mol. The average molecular weight is 237 g/mol. The molecule has 90 valence electrons. The Kier molecular flexibility index (Phi) is 2.81. The Hall–Kier alpha value is -1.95. The summed E-state index contributed by atoms with van der Waals surface area (Å²) < 4.78 is 15.4. The van der Waals surface area contributed by atoms with Gasteiger partial charge in [-0.1, -0.05) is 0 Å². The molecule has 0 unspecified atom stereocenters. The molecule has 0 saturated carbocycles. The first kappa shape index (κ1) is 11.5. The molecule has 1 heterocycles. The molecule has 5 nitrogen and oxygen atoms in total. The van der Waals surface area contributed by atoms with Gasteiger partial charge in [0.15, 0.2) is 0 Å². The van der Waals surface area contributed by atoms with Crippen LogP contribution in [0.25, 0.3) is 10.9 Å². The summed E-state index contributed by atoms with van der Waals surface area (Å²) in [5.74, 6) is -0.483.